The van der Waals surface area contributed by atoms with E-state index in [2.05, 4.69) is 46.1 Å². The third kappa shape index (κ3) is 2.83. The van der Waals surface area contributed by atoms with Gasteiger partial charge in [0.15, 0.2) is 0 Å². The van der Waals surface area contributed by atoms with Gasteiger partial charge in [0.1, 0.15) is 0 Å². The van der Waals surface area contributed by atoms with E-state index in [1.807, 2.05) is 23.1 Å². The Kier molecular flexibility index (Phi) is 3.50. The lowest BCUT2D eigenvalue weighted by Crippen LogP contribution is -2.21. The van der Waals surface area contributed by atoms with Crippen LogP contribution in [0.5, 0.6) is 0 Å². The average molecular weight is 265 g/mol. The van der Waals surface area contributed by atoms with Gasteiger partial charge in [0.25, 0.3) is 0 Å². The number of thioether (sulfide) groups is 1. The van der Waals surface area contributed by atoms with E-state index in [0.717, 1.165) is 6.42 Å². The third-order valence-corrected chi connectivity index (χ3v) is 4.46. The van der Waals surface area contributed by atoms with E-state index in [1.54, 1.807) is 0 Å². The minimum absolute atomic E-state index is 0.0246. The van der Waals surface area contributed by atoms with Crippen LogP contribution in [-0.2, 0) is 0 Å². The van der Waals surface area contributed by atoms with E-state index in [-0.39, 0.29) is 5.54 Å². The lowest BCUT2D eigenvalue weighted by molar-refractivity contribution is 0.583. The maximum absolute atomic E-state index is 4.83. The maximum Gasteiger partial charge on any atom is 0.0527 e. The van der Waals surface area contributed by atoms with Crippen molar-refractivity contribution in [2.75, 3.05) is 6.26 Å². The number of hydrogen-bond donors (Lipinski definition) is 0. The minimum Gasteiger partial charge on any atom is -0.283 e. The van der Waals surface area contributed by atoms with Crippen LogP contribution in [0.3, 0.4) is 0 Å². The zero-order valence-electron chi connectivity index (χ0n) is 11.1. The molecule has 17 heavy (non-hydrogen) atoms. The van der Waals surface area contributed by atoms with E-state index in [4.69, 9.17) is 4.99 Å². The third-order valence-electron chi connectivity index (χ3n) is 2.60. The largest absolute Gasteiger partial charge is 0.283 e. The smallest absolute Gasteiger partial charge is 0.0527 e. The van der Waals surface area contributed by atoms with Gasteiger partial charge < -0.3 is 0 Å². The maximum atomic E-state index is 4.83. The van der Waals surface area contributed by atoms with Crippen molar-refractivity contribution in [1.82, 2.24) is 0 Å². The molecule has 1 aliphatic carbocycles. The fourth-order valence-corrected chi connectivity index (χ4v) is 3.65. The molecule has 1 aromatic rings. The molecule has 0 aliphatic heterocycles. The van der Waals surface area contributed by atoms with Crippen molar-refractivity contribution in [2.24, 2.45) is 4.99 Å². The summed E-state index contributed by atoms with van der Waals surface area (Å²) in [5.74, 6) is 0. The monoisotopic (exact) mass is 265 g/mol. The Hall–Kier alpha value is -0.540. The van der Waals surface area contributed by atoms with Crippen molar-refractivity contribution in [3.05, 3.63) is 26.8 Å². The Morgan fingerprint density at radius 1 is 1.29 bits per heavy atom. The predicted molar refractivity (Wildman–Crippen MR) is 81.3 cm³/mol. The lowest BCUT2D eigenvalue weighted by atomic mass is 9.92. The van der Waals surface area contributed by atoms with E-state index in [0.29, 0.717) is 0 Å². The summed E-state index contributed by atoms with van der Waals surface area (Å²) < 4.78 is 0. The summed E-state index contributed by atoms with van der Waals surface area (Å²) in [5.41, 5.74) is 2.70. The van der Waals surface area contributed by atoms with Gasteiger partial charge >= 0.3 is 0 Å². The van der Waals surface area contributed by atoms with Crippen LogP contribution in [0.15, 0.2) is 22.0 Å². The Morgan fingerprint density at radius 2 is 2.00 bits per heavy atom. The van der Waals surface area contributed by atoms with Gasteiger partial charge in [0.05, 0.1) is 5.54 Å². The van der Waals surface area contributed by atoms with Gasteiger partial charge in [-0.15, -0.1) is 23.1 Å². The van der Waals surface area contributed by atoms with Crippen molar-refractivity contribution in [1.29, 1.82) is 0 Å². The van der Waals surface area contributed by atoms with Crippen LogP contribution in [0, 0.1) is 6.92 Å². The van der Waals surface area contributed by atoms with Crippen molar-refractivity contribution < 1.29 is 0 Å². The summed E-state index contributed by atoms with van der Waals surface area (Å²) in [5, 5.41) is 0. The molecule has 1 aromatic heterocycles. The molecule has 0 bridgehead atoms. The predicted octanol–water partition coefficient (Wildman–Crippen LogP) is 4.77. The van der Waals surface area contributed by atoms with Gasteiger partial charge in [-0.25, -0.2) is 0 Å². The first-order valence-corrected chi connectivity index (χ1v) is 7.88. The Bertz CT molecular complexity index is 487. The molecule has 1 heterocycles. The summed E-state index contributed by atoms with van der Waals surface area (Å²) in [4.78, 5) is 9.06. The normalized spacial score (nSPS) is 18.8. The van der Waals surface area contributed by atoms with E-state index in [1.165, 1.54) is 25.9 Å². The highest BCUT2D eigenvalue weighted by atomic mass is 32.2. The van der Waals surface area contributed by atoms with Gasteiger partial charge in [0.2, 0.25) is 0 Å². The standard InChI is InChI=1S/C14H19NS2/c1-9-6-7-11(17-9)13-10(8-12(13)16-5)15-14(2,3)4/h6-7H,8H2,1-5H3. The highest BCUT2D eigenvalue weighted by Gasteiger charge is 2.28. The molecule has 1 nitrogen and oxygen atoms in total. The van der Waals surface area contributed by atoms with E-state index >= 15 is 0 Å². The van der Waals surface area contributed by atoms with Gasteiger partial charge in [-0.1, -0.05) is 0 Å². The number of allylic oxidation sites excluding steroid dienone is 2. The van der Waals surface area contributed by atoms with Gasteiger partial charge in [-0.3, -0.25) is 4.99 Å². The molecule has 1 aliphatic rings. The van der Waals surface area contributed by atoms with E-state index in [9.17, 15) is 0 Å². The molecule has 3 heteroatoms. The van der Waals surface area contributed by atoms with Crippen LogP contribution in [0.2, 0.25) is 0 Å². The van der Waals surface area contributed by atoms with Crippen molar-refractivity contribution in [3.8, 4) is 0 Å². The number of aliphatic imine (C=N–C) groups is 1. The van der Waals surface area contributed by atoms with Gasteiger partial charge in [0, 0.05) is 32.4 Å². The second-order valence-electron chi connectivity index (χ2n) is 5.32. The molecule has 0 atom stereocenters. The first-order chi connectivity index (χ1) is 7.90. The molecule has 0 saturated carbocycles. The summed E-state index contributed by atoms with van der Waals surface area (Å²) in [6.45, 7) is 8.64. The number of hydrogen-bond acceptors (Lipinski definition) is 3. The highest BCUT2D eigenvalue weighted by molar-refractivity contribution is 8.02. The molecular formula is C14H19NS2. The molecule has 0 radical (unpaired) electrons. The van der Waals surface area contributed by atoms with Crippen LogP contribution in [-0.4, -0.2) is 17.5 Å². The molecule has 0 saturated heterocycles. The Morgan fingerprint density at radius 3 is 2.47 bits per heavy atom. The Labute approximate surface area is 112 Å². The second-order valence-corrected chi connectivity index (χ2v) is 7.51. The van der Waals surface area contributed by atoms with Crippen LogP contribution >= 0.6 is 23.1 Å². The fraction of sp³-hybridized carbons (Fsp3) is 0.500. The van der Waals surface area contributed by atoms with Crippen molar-refractivity contribution in [2.45, 2.75) is 39.7 Å². The van der Waals surface area contributed by atoms with E-state index < -0.39 is 0 Å². The van der Waals surface area contributed by atoms with Crippen LogP contribution in [0.25, 0.3) is 5.57 Å². The second kappa shape index (κ2) is 4.62. The SMILES string of the molecule is CSC1=C(c2ccc(C)s2)C(=NC(C)(C)C)C1. The lowest BCUT2D eigenvalue weighted by Gasteiger charge is -2.27. The van der Waals surface area contributed by atoms with Gasteiger partial charge in [-0.2, -0.15) is 0 Å². The highest BCUT2D eigenvalue weighted by Crippen LogP contribution is 2.42. The molecule has 0 unspecified atom stereocenters. The number of thiophene rings is 1. The zero-order chi connectivity index (χ0) is 12.6. The first-order valence-electron chi connectivity index (χ1n) is 5.84. The van der Waals surface area contributed by atoms with Gasteiger partial charge in [-0.05, 0) is 46.1 Å². The van der Waals surface area contributed by atoms with Crippen molar-refractivity contribution >= 4 is 34.4 Å². The molecule has 0 amide bonds. The van der Waals surface area contributed by atoms with Crippen LogP contribution in [0.4, 0.5) is 0 Å². The van der Waals surface area contributed by atoms with Crippen LogP contribution < -0.4 is 0 Å². The molecule has 2 rings (SSSR count). The zero-order valence-corrected chi connectivity index (χ0v) is 12.8. The number of nitrogens with zero attached hydrogens (tertiary/aromatic N) is 1. The molecule has 0 spiro atoms. The summed E-state index contributed by atoms with van der Waals surface area (Å²) in [7, 11) is 0. The topological polar surface area (TPSA) is 12.4 Å². The summed E-state index contributed by atoms with van der Waals surface area (Å²) in [6, 6.07) is 4.42. The first kappa shape index (κ1) is 12.9. The molecule has 0 N–H and O–H groups in total. The molecule has 0 aromatic carbocycles. The molecule has 92 valence electrons. The Balaban J connectivity index is 2.38. The quantitative estimate of drug-likeness (QED) is 0.750. The summed E-state index contributed by atoms with van der Waals surface area (Å²) in [6.07, 6.45) is 3.20. The average Bonchev–Trinajstić information content (AvgIpc) is 2.56. The molecule has 0 fully saturated rings. The van der Waals surface area contributed by atoms with Crippen molar-refractivity contribution in [3.63, 3.8) is 0 Å². The fourth-order valence-electron chi connectivity index (χ4n) is 1.91. The van der Waals surface area contributed by atoms with Crippen LogP contribution in [0.1, 0.15) is 36.9 Å². The number of aryl methyl sites for hydroxylation is 1. The minimum atomic E-state index is 0.0246. The summed E-state index contributed by atoms with van der Waals surface area (Å²) >= 11 is 3.73. The molecular weight excluding hydrogens is 246 g/mol. The number of rotatable bonds is 2.